The van der Waals surface area contributed by atoms with E-state index in [-0.39, 0.29) is 5.02 Å². The van der Waals surface area contributed by atoms with Gasteiger partial charge in [-0.05, 0) is 37.3 Å². The number of piperazine rings is 1. The predicted molar refractivity (Wildman–Crippen MR) is 129 cm³/mol. The molecule has 0 bridgehead atoms. The zero-order chi connectivity index (χ0) is 22.8. The molecule has 2 saturated heterocycles. The van der Waals surface area contributed by atoms with E-state index in [9.17, 15) is 4.39 Å². The molecule has 0 N–H and O–H groups in total. The van der Waals surface area contributed by atoms with Crippen molar-refractivity contribution in [3.8, 4) is 11.3 Å². The molecular weight excluding hydrogens is 443 g/mol. The molecule has 0 amide bonds. The van der Waals surface area contributed by atoms with Gasteiger partial charge < -0.3 is 19.4 Å². The Morgan fingerprint density at radius 2 is 1.67 bits per heavy atom. The van der Waals surface area contributed by atoms with E-state index >= 15 is 0 Å². The monoisotopic (exact) mass is 468 g/mol. The Balaban J connectivity index is 1.49. The van der Waals surface area contributed by atoms with Gasteiger partial charge >= 0.3 is 0 Å². The maximum atomic E-state index is 13.8. The van der Waals surface area contributed by atoms with Crippen molar-refractivity contribution in [1.82, 2.24) is 15.0 Å². The molecule has 33 heavy (non-hydrogen) atoms. The molecule has 0 radical (unpaired) electrons. The van der Waals surface area contributed by atoms with E-state index in [2.05, 4.69) is 19.7 Å². The lowest BCUT2D eigenvalue weighted by atomic mass is 10.1. The minimum absolute atomic E-state index is 0.0870. The van der Waals surface area contributed by atoms with Gasteiger partial charge in [-0.15, -0.1) is 0 Å². The van der Waals surface area contributed by atoms with Gasteiger partial charge in [0.1, 0.15) is 17.5 Å². The van der Waals surface area contributed by atoms with Gasteiger partial charge in [-0.25, -0.2) is 14.4 Å². The highest BCUT2D eigenvalue weighted by Crippen LogP contribution is 2.33. The lowest BCUT2D eigenvalue weighted by Gasteiger charge is -2.37. The van der Waals surface area contributed by atoms with Gasteiger partial charge in [0, 0.05) is 56.6 Å². The molecule has 7 nitrogen and oxygen atoms in total. The van der Waals surface area contributed by atoms with Gasteiger partial charge in [0.15, 0.2) is 0 Å². The Morgan fingerprint density at radius 1 is 0.909 bits per heavy atom. The zero-order valence-corrected chi connectivity index (χ0v) is 19.3. The van der Waals surface area contributed by atoms with Gasteiger partial charge in [-0.2, -0.15) is 4.98 Å². The first kappa shape index (κ1) is 21.9. The number of aromatic nitrogens is 3. The Morgan fingerprint density at radius 3 is 2.36 bits per heavy atom. The minimum atomic E-state index is -0.439. The third kappa shape index (κ3) is 4.58. The van der Waals surface area contributed by atoms with Gasteiger partial charge in [-0.3, -0.25) is 0 Å². The number of benzene rings is 1. The summed E-state index contributed by atoms with van der Waals surface area (Å²) >= 11 is 6.10. The highest BCUT2D eigenvalue weighted by molar-refractivity contribution is 6.31. The summed E-state index contributed by atoms with van der Waals surface area (Å²) in [4.78, 5) is 21.1. The second-order valence-corrected chi connectivity index (χ2v) is 8.62. The Labute approximate surface area is 197 Å². The van der Waals surface area contributed by atoms with E-state index in [1.54, 1.807) is 12.1 Å². The molecule has 2 aliphatic heterocycles. The summed E-state index contributed by atoms with van der Waals surface area (Å²) in [6.45, 7) is 8.13. The van der Waals surface area contributed by atoms with E-state index in [4.69, 9.17) is 26.3 Å². The lowest BCUT2D eigenvalue weighted by Crippen LogP contribution is -2.47. The standard InChI is InChI=1S/C24H26ClFN6O/c1-17-22(18-5-6-20(26)19(25)16-18)28-24(32-12-14-33-15-13-32)29-23(17)31-10-8-30(9-11-31)21-4-2-3-7-27-21/h2-7,16H,8-15H2,1H3. The Hall–Kier alpha value is -2.97. The molecule has 4 heterocycles. The summed E-state index contributed by atoms with van der Waals surface area (Å²) < 4.78 is 19.3. The van der Waals surface area contributed by atoms with Crippen LogP contribution >= 0.6 is 11.6 Å². The van der Waals surface area contributed by atoms with Gasteiger partial charge in [-0.1, -0.05) is 17.7 Å². The van der Waals surface area contributed by atoms with Crippen LogP contribution in [0.5, 0.6) is 0 Å². The zero-order valence-electron chi connectivity index (χ0n) is 18.5. The van der Waals surface area contributed by atoms with Crippen molar-refractivity contribution in [1.29, 1.82) is 0 Å². The number of anilines is 3. The molecule has 0 unspecified atom stereocenters. The summed E-state index contributed by atoms with van der Waals surface area (Å²) in [5.74, 6) is 2.13. The average molecular weight is 469 g/mol. The first-order valence-corrected chi connectivity index (χ1v) is 11.6. The smallest absolute Gasteiger partial charge is 0.228 e. The molecule has 1 aromatic carbocycles. The van der Waals surface area contributed by atoms with Crippen molar-refractivity contribution < 1.29 is 9.13 Å². The Kier molecular flexibility index (Phi) is 6.28. The molecule has 5 rings (SSSR count). The third-order valence-corrected chi connectivity index (χ3v) is 6.44. The quantitative estimate of drug-likeness (QED) is 0.577. The summed E-state index contributed by atoms with van der Waals surface area (Å²) in [6.07, 6.45) is 1.82. The molecule has 9 heteroatoms. The first-order chi connectivity index (χ1) is 16.1. The second kappa shape index (κ2) is 9.49. The number of halogens is 2. The van der Waals surface area contributed by atoms with E-state index in [0.29, 0.717) is 19.2 Å². The van der Waals surface area contributed by atoms with Gasteiger partial charge in [0.25, 0.3) is 0 Å². The van der Waals surface area contributed by atoms with E-state index < -0.39 is 5.82 Å². The van der Waals surface area contributed by atoms with Crippen molar-refractivity contribution in [3.63, 3.8) is 0 Å². The fraction of sp³-hybridized carbons (Fsp3) is 0.375. The summed E-state index contributed by atoms with van der Waals surface area (Å²) in [5, 5.41) is 0.0870. The molecule has 0 spiro atoms. The fourth-order valence-corrected chi connectivity index (χ4v) is 4.50. The molecule has 2 aromatic heterocycles. The SMILES string of the molecule is Cc1c(-c2ccc(F)c(Cl)c2)nc(N2CCOCC2)nc1N1CCN(c2ccccn2)CC1. The van der Waals surface area contributed by atoms with Crippen LogP contribution in [0.1, 0.15) is 5.56 Å². The molecular formula is C24H26ClFN6O. The molecule has 0 atom stereocenters. The number of hydrogen-bond acceptors (Lipinski definition) is 7. The predicted octanol–water partition coefficient (Wildman–Crippen LogP) is 3.80. The van der Waals surface area contributed by atoms with Crippen molar-refractivity contribution >= 4 is 29.2 Å². The van der Waals surface area contributed by atoms with Crippen molar-refractivity contribution in [3.05, 3.63) is 59.0 Å². The van der Waals surface area contributed by atoms with Crippen molar-refractivity contribution in [2.24, 2.45) is 0 Å². The summed E-state index contributed by atoms with van der Waals surface area (Å²) in [5.41, 5.74) is 2.51. The normalized spacial score (nSPS) is 16.9. The molecule has 0 aliphatic carbocycles. The number of pyridine rings is 1. The van der Waals surface area contributed by atoms with Crippen LogP contribution in [-0.4, -0.2) is 67.4 Å². The van der Waals surface area contributed by atoms with E-state index in [1.807, 2.05) is 31.3 Å². The van der Waals surface area contributed by atoms with Crippen LogP contribution < -0.4 is 14.7 Å². The molecule has 3 aromatic rings. The molecule has 2 aliphatic rings. The van der Waals surface area contributed by atoms with Crippen LogP contribution in [0.15, 0.2) is 42.6 Å². The highest BCUT2D eigenvalue weighted by Gasteiger charge is 2.25. The topological polar surface area (TPSA) is 57.6 Å². The van der Waals surface area contributed by atoms with Crippen LogP contribution in [0.3, 0.4) is 0 Å². The maximum absolute atomic E-state index is 13.8. The Bertz CT molecular complexity index is 1120. The number of ether oxygens (including phenoxy) is 1. The minimum Gasteiger partial charge on any atom is -0.378 e. The second-order valence-electron chi connectivity index (χ2n) is 8.21. The average Bonchev–Trinajstić information content (AvgIpc) is 2.87. The lowest BCUT2D eigenvalue weighted by molar-refractivity contribution is 0.122. The van der Waals surface area contributed by atoms with Crippen molar-refractivity contribution in [2.75, 3.05) is 67.2 Å². The summed E-state index contributed by atoms with van der Waals surface area (Å²) in [6, 6.07) is 10.7. The van der Waals surface area contributed by atoms with Crippen LogP contribution in [0.2, 0.25) is 5.02 Å². The van der Waals surface area contributed by atoms with E-state index in [0.717, 1.165) is 67.7 Å². The number of nitrogens with zero attached hydrogens (tertiary/aromatic N) is 6. The van der Waals surface area contributed by atoms with Crippen LogP contribution in [0, 0.1) is 12.7 Å². The highest BCUT2D eigenvalue weighted by atomic mass is 35.5. The van der Waals surface area contributed by atoms with Crippen molar-refractivity contribution in [2.45, 2.75) is 6.92 Å². The van der Waals surface area contributed by atoms with Gasteiger partial charge in [0.05, 0.1) is 23.9 Å². The molecule has 0 saturated carbocycles. The number of rotatable bonds is 4. The van der Waals surface area contributed by atoms with Crippen LogP contribution in [0.25, 0.3) is 11.3 Å². The van der Waals surface area contributed by atoms with Crippen LogP contribution in [-0.2, 0) is 4.74 Å². The first-order valence-electron chi connectivity index (χ1n) is 11.2. The number of morpholine rings is 1. The van der Waals surface area contributed by atoms with E-state index in [1.165, 1.54) is 6.07 Å². The largest absolute Gasteiger partial charge is 0.378 e. The van der Waals surface area contributed by atoms with Crippen LogP contribution in [0.4, 0.5) is 22.0 Å². The summed E-state index contributed by atoms with van der Waals surface area (Å²) in [7, 11) is 0. The number of hydrogen-bond donors (Lipinski definition) is 0. The molecule has 2 fully saturated rings. The molecule has 172 valence electrons. The third-order valence-electron chi connectivity index (χ3n) is 6.15. The maximum Gasteiger partial charge on any atom is 0.228 e. The van der Waals surface area contributed by atoms with Gasteiger partial charge in [0.2, 0.25) is 5.95 Å². The fourth-order valence-electron chi connectivity index (χ4n) is 4.32.